The molecule has 0 saturated carbocycles. The molecule has 2 aromatic carbocycles. The number of carbonyl (C=O) groups excluding carboxylic acids is 1. The van der Waals surface area contributed by atoms with E-state index in [0.717, 1.165) is 0 Å². The minimum atomic E-state index is -0.243. The van der Waals surface area contributed by atoms with Gasteiger partial charge >= 0.3 is 6.03 Å². The third-order valence-electron chi connectivity index (χ3n) is 2.86. The number of hydrogen-bond acceptors (Lipinski definition) is 2. The van der Waals surface area contributed by atoms with Crippen LogP contribution in [0.15, 0.2) is 48.5 Å². The Balaban J connectivity index is 2.20. The number of rotatable bonds is 3. The van der Waals surface area contributed by atoms with Gasteiger partial charge in [-0.3, -0.25) is 4.90 Å². The molecule has 0 aromatic heterocycles. The molecule has 4 nitrogen and oxygen atoms in total. The van der Waals surface area contributed by atoms with Gasteiger partial charge in [0.05, 0.1) is 11.4 Å². The van der Waals surface area contributed by atoms with Gasteiger partial charge in [0, 0.05) is 17.3 Å². The largest absolute Gasteiger partial charge is 0.397 e. The van der Waals surface area contributed by atoms with Crippen molar-refractivity contribution in [3.63, 3.8) is 0 Å². The van der Waals surface area contributed by atoms with Gasteiger partial charge in [-0.25, -0.2) is 4.79 Å². The van der Waals surface area contributed by atoms with Crippen LogP contribution in [0.2, 0.25) is 5.02 Å². The van der Waals surface area contributed by atoms with E-state index >= 15 is 0 Å². The van der Waals surface area contributed by atoms with E-state index in [-0.39, 0.29) is 6.03 Å². The van der Waals surface area contributed by atoms with Crippen molar-refractivity contribution in [2.75, 3.05) is 22.5 Å². The number of para-hydroxylation sites is 2. The first kappa shape index (κ1) is 14.2. The summed E-state index contributed by atoms with van der Waals surface area (Å²) in [5.41, 5.74) is 7.81. The number of carbonyl (C=O) groups is 1. The number of halogens is 1. The lowest BCUT2D eigenvalue weighted by atomic mass is 10.2. The Hall–Kier alpha value is -2.20. The minimum Gasteiger partial charge on any atom is -0.397 e. The maximum absolute atomic E-state index is 12.3. The van der Waals surface area contributed by atoms with Crippen molar-refractivity contribution >= 4 is 34.7 Å². The van der Waals surface area contributed by atoms with Gasteiger partial charge in [0.1, 0.15) is 0 Å². The number of urea groups is 1. The zero-order chi connectivity index (χ0) is 14.5. The molecular weight excluding hydrogens is 274 g/mol. The van der Waals surface area contributed by atoms with Gasteiger partial charge in [-0.05, 0) is 37.3 Å². The molecule has 20 heavy (non-hydrogen) atoms. The molecule has 3 N–H and O–H groups in total. The number of anilines is 3. The first-order valence-corrected chi connectivity index (χ1v) is 6.68. The minimum absolute atomic E-state index is 0.243. The maximum Gasteiger partial charge on any atom is 0.326 e. The summed E-state index contributed by atoms with van der Waals surface area (Å²) < 4.78 is 0. The topological polar surface area (TPSA) is 58.4 Å². The van der Waals surface area contributed by atoms with E-state index < -0.39 is 0 Å². The molecule has 2 aromatic rings. The molecule has 0 unspecified atom stereocenters. The van der Waals surface area contributed by atoms with Crippen molar-refractivity contribution in [3.05, 3.63) is 53.6 Å². The third-order valence-corrected chi connectivity index (χ3v) is 3.10. The predicted octanol–water partition coefficient (Wildman–Crippen LogP) is 3.98. The highest BCUT2D eigenvalue weighted by atomic mass is 35.5. The quantitative estimate of drug-likeness (QED) is 0.840. The Labute approximate surface area is 123 Å². The van der Waals surface area contributed by atoms with Gasteiger partial charge in [-0.1, -0.05) is 29.8 Å². The molecule has 0 aliphatic carbocycles. The first-order valence-electron chi connectivity index (χ1n) is 6.30. The van der Waals surface area contributed by atoms with Crippen LogP contribution in [0.4, 0.5) is 21.9 Å². The summed E-state index contributed by atoms with van der Waals surface area (Å²) in [6.45, 7) is 2.41. The lowest BCUT2D eigenvalue weighted by Crippen LogP contribution is -2.35. The van der Waals surface area contributed by atoms with Crippen LogP contribution in [0.3, 0.4) is 0 Å². The van der Waals surface area contributed by atoms with Crippen molar-refractivity contribution < 1.29 is 4.79 Å². The van der Waals surface area contributed by atoms with Crippen LogP contribution in [0.1, 0.15) is 6.92 Å². The number of nitrogens with two attached hydrogens (primary N) is 1. The fraction of sp³-hybridized carbons (Fsp3) is 0.133. The van der Waals surface area contributed by atoms with Crippen molar-refractivity contribution in [1.29, 1.82) is 0 Å². The standard InChI is InChI=1S/C15H16ClN3O/c1-2-19(14-9-4-3-8-13(14)17)15(20)18-12-7-5-6-11(16)10-12/h3-10H,2,17H2,1H3,(H,18,20). The van der Waals surface area contributed by atoms with Gasteiger partial charge in [0.15, 0.2) is 0 Å². The highest BCUT2D eigenvalue weighted by Crippen LogP contribution is 2.23. The summed E-state index contributed by atoms with van der Waals surface area (Å²) in [5, 5.41) is 3.38. The molecular formula is C15H16ClN3O. The van der Waals surface area contributed by atoms with E-state index in [1.807, 2.05) is 25.1 Å². The van der Waals surface area contributed by atoms with Gasteiger partial charge in [0.25, 0.3) is 0 Å². The van der Waals surface area contributed by atoms with E-state index in [4.69, 9.17) is 17.3 Å². The predicted molar refractivity (Wildman–Crippen MR) is 84.3 cm³/mol. The molecule has 5 heteroatoms. The molecule has 0 bridgehead atoms. The summed E-state index contributed by atoms with van der Waals surface area (Å²) in [6, 6.07) is 14.0. The number of nitrogen functional groups attached to an aromatic ring is 1. The normalized spacial score (nSPS) is 10.1. The van der Waals surface area contributed by atoms with Crippen molar-refractivity contribution in [1.82, 2.24) is 0 Å². The van der Waals surface area contributed by atoms with Gasteiger partial charge in [-0.15, -0.1) is 0 Å². The van der Waals surface area contributed by atoms with Crippen LogP contribution in [0.5, 0.6) is 0 Å². The summed E-state index contributed by atoms with van der Waals surface area (Å²) in [6.07, 6.45) is 0. The SMILES string of the molecule is CCN(C(=O)Nc1cccc(Cl)c1)c1ccccc1N. The van der Waals surface area contributed by atoms with Crippen molar-refractivity contribution in [2.45, 2.75) is 6.92 Å². The molecule has 0 spiro atoms. The van der Waals surface area contributed by atoms with Crippen LogP contribution >= 0.6 is 11.6 Å². The van der Waals surface area contributed by atoms with Crippen LogP contribution in [0, 0.1) is 0 Å². The Kier molecular flexibility index (Phi) is 4.48. The molecule has 0 atom stereocenters. The number of nitrogens with zero attached hydrogens (tertiary/aromatic N) is 1. The average Bonchev–Trinajstić information content (AvgIpc) is 2.41. The fourth-order valence-electron chi connectivity index (χ4n) is 1.91. The third kappa shape index (κ3) is 3.22. The number of amides is 2. The van der Waals surface area contributed by atoms with Gasteiger partial charge in [0.2, 0.25) is 0 Å². The second kappa shape index (κ2) is 6.30. The second-order valence-corrected chi connectivity index (χ2v) is 4.68. The molecule has 0 aliphatic rings. The summed E-state index contributed by atoms with van der Waals surface area (Å²) >= 11 is 5.90. The molecule has 0 radical (unpaired) electrons. The van der Waals surface area contributed by atoms with E-state index in [2.05, 4.69) is 5.32 Å². The second-order valence-electron chi connectivity index (χ2n) is 4.24. The molecule has 0 saturated heterocycles. The molecule has 0 heterocycles. The van der Waals surface area contributed by atoms with Gasteiger partial charge in [-0.2, -0.15) is 0 Å². The number of benzene rings is 2. The van der Waals surface area contributed by atoms with Crippen LogP contribution < -0.4 is 16.0 Å². The number of hydrogen-bond donors (Lipinski definition) is 2. The van der Waals surface area contributed by atoms with Crippen molar-refractivity contribution in [3.8, 4) is 0 Å². The highest BCUT2D eigenvalue weighted by molar-refractivity contribution is 6.30. The Morgan fingerprint density at radius 3 is 2.65 bits per heavy atom. The number of nitrogens with one attached hydrogen (secondary N) is 1. The van der Waals surface area contributed by atoms with E-state index in [1.54, 1.807) is 35.2 Å². The summed E-state index contributed by atoms with van der Waals surface area (Å²) in [5.74, 6) is 0. The van der Waals surface area contributed by atoms with Crippen LogP contribution in [0.25, 0.3) is 0 Å². The molecule has 104 valence electrons. The zero-order valence-corrected chi connectivity index (χ0v) is 11.9. The monoisotopic (exact) mass is 289 g/mol. The average molecular weight is 290 g/mol. The van der Waals surface area contributed by atoms with E-state index in [0.29, 0.717) is 28.6 Å². The highest BCUT2D eigenvalue weighted by Gasteiger charge is 2.15. The van der Waals surface area contributed by atoms with Gasteiger partial charge < -0.3 is 11.1 Å². The van der Waals surface area contributed by atoms with Crippen LogP contribution in [-0.4, -0.2) is 12.6 Å². The smallest absolute Gasteiger partial charge is 0.326 e. The molecule has 0 aliphatic heterocycles. The summed E-state index contributed by atoms with van der Waals surface area (Å²) in [7, 11) is 0. The van der Waals surface area contributed by atoms with Crippen molar-refractivity contribution in [2.24, 2.45) is 0 Å². The summed E-state index contributed by atoms with van der Waals surface area (Å²) in [4.78, 5) is 13.9. The lowest BCUT2D eigenvalue weighted by molar-refractivity contribution is 0.257. The lowest BCUT2D eigenvalue weighted by Gasteiger charge is -2.23. The van der Waals surface area contributed by atoms with E-state index in [1.165, 1.54) is 0 Å². The molecule has 2 amide bonds. The first-order chi connectivity index (χ1) is 9.61. The zero-order valence-electron chi connectivity index (χ0n) is 11.1. The Morgan fingerprint density at radius 1 is 1.25 bits per heavy atom. The Bertz CT molecular complexity index is 616. The maximum atomic E-state index is 12.3. The fourth-order valence-corrected chi connectivity index (χ4v) is 2.10. The Morgan fingerprint density at radius 2 is 2.00 bits per heavy atom. The molecule has 2 rings (SSSR count). The molecule has 0 fully saturated rings. The van der Waals surface area contributed by atoms with E-state index in [9.17, 15) is 4.79 Å². The van der Waals surface area contributed by atoms with Crippen LogP contribution in [-0.2, 0) is 0 Å².